The minimum absolute atomic E-state index is 1.00. The number of aromatic nitrogens is 2. The van der Waals surface area contributed by atoms with Gasteiger partial charge in [-0.1, -0.05) is 37.3 Å². The number of halogens is 1. The van der Waals surface area contributed by atoms with Crippen molar-refractivity contribution >= 4 is 28.4 Å². The van der Waals surface area contributed by atoms with E-state index < -0.39 is 0 Å². The number of fused-ring (bicyclic) bond motifs is 1. The van der Waals surface area contributed by atoms with Crippen molar-refractivity contribution in [3.8, 4) is 16.9 Å². The number of hydrogen-bond donors (Lipinski definition) is 1. The minimum Gasteiger partial charge on any atom is -0.370 e. The van der Waals surface area contributed by atoms with Gasteiger partial charge in [-0.3, -0.25) is 0 Å². The van der Waals surface area contributed by atoms with Gasteiger partial charge in [0.1, 0.15) is 5.82 Å². The molecule has 0 amide bonds. The van der Waals surface area contributed by atoms with Crippen molar-refractivity contribution < 1.29 is 0 Å². The zero-order chi connectivity index (χ0) is 17.2. The molecule has 25 heavy (non-hydrogen) atoms. The van der Waals surface area contributed by atoms with Crippen LogP contribution in [0.2, 0.25) is 0 Å². The molecule has 128 valence electrons. The molecule has 0 saturated heterocycles. The molecule has 3 nitrogen and oxygen atoms in total. The van der Waals surface area contributed by atoms with Crippen LogP contribution < -0.4 is 5.32 Å². The van der Waals surface area contributed by atoms with Crippen LogP contribution in [0.4, 0.5) is 5.82 Å². The average molecular weight is 443 g/mol. The monoisotopic (exact) mass is 443 g/mol. The van der Waals surface area contributed by atoms with Crippen molar-refractivity contribution in [2.45, 2.75) is 32.6 Å². The standard InChI is InChI=1S/C21H22IN3/c1-2-15-8-3-4-12-19(15)25-21-18(11-5-6-13-23-21)20(24-25)16-9-7-10-17(22)14-16/h3-4,7-10,12,14,23H,2,5-6,11,13H2,1H3. The molecule has 4 heteroatoms. The van der Waals surface area contributed by atoms with E-state index in [9.17, 15) is 0 Å². The number of anilines is 1. The highest BCUT2D eigenvalue weighted by Crippen LogP contribution is 2.35. The maximum Gasteiger partial charge on any atom is 0.133 e. The quantitative estimate of drug-likeness (QED) is 0.546. The largest absolute Gasteiger partial charge is 0.370 e. The molecule has 1 aliphatic heterocycles. The fourth-order valence-corrected chi connectivity index (χ4v) is 4.10. The summed E-state index contributed by atoms with van der Waals surface area (Å²) in [5, 5.41) is 8.72. The molecule has 0 spiro atoms. The van der Waals surface area contributed by atoms with Crippen molar-refractivity contribution in [2.75, 3.05) is 11.9 Å². The molecule has 0 atom stereocenters. The van der Waals surface area contributed by atoms with Crippen LogP contribution in [0.5, 0.6) is 0 Å². The van der Waals surface area contributed by atoms with Crippen molar-refractivity contribution in [3.63, 3.8) is 0 Å². The van der Waals surface area contributed by atoms with Crippen LogP contribution in [-0.2, 0) is 12.8 Å². The Kier molecular flexibility index (Phi) is 4.79. The molecule has 1 N–H and O–H groups in total. The zero-order valence-electron chi connectivity index (χ0n) is 14.4. The Hall–Kier alpha value is -1.82. The van der Waals surface area contributed by atoms with Crippen LogP contribution in [0.25, 0.3) is 16.9 Å². The molecule has 0 fully saturated rings. The third-order valence-corrected chi connectivity index (χ3v) is 5.50. The summed E-state index contributed by atoms with van der Waals surface area (Å²) in [6, 6.07) is 17.2. The molecule has 0 bridgehead atoms. The normalized spacial score (nSPS) is 13.8. The average Bonchev–Trinajstić information content (AvgIpc) is 2.82. The topological polar surface area (TPSA) is 29.9 Å². The zero-order valence-corrected chi connectivity index (χ0v) is 16.6. The Balaban J connectivity index is 1.94. The Bertz CT molecular complexity index is 898. The minimum atomic E-state index is 1.00. The Morgan fingerprint density at radius 2 is 2.00 bits per heavy atom. The first-order chi connectivity index (χ1) is 12.3. The van der Waals surface area contributed by atoms with E-state index in [2.05, 4.69) is 88.0 Å². The summed E-state index contributed by atoms with van der Waals surface area (Å²) in [6.45, 7) is 3.22. The molecule has 0 unspecified atom stereocenters. The van der Waals surface area contributed by atoms with Crippen LogP contribution in [0.1, 0.15) is 30.9 Å². The predicted octanol–water partition coefficient (Wildman–Crippen LogP) is 5.45. The molecule has 0 radical (unpaired) electrons. The van der Waals surface area contributed by atoms with E-state index in [1.54, 1.807) is 0 Å². The highest BCUT2D eigenvalue weighted by Gasteiger charge is 2.22. The maximum absolute atomic E-state index is 5.07. The Labute approximate surface area is 162 Å². The predicted molar refractivity (Wildman–Crippen MR) is 113 cm³/mol. The Morgan fingerprint density at radius 3 is 2.84 bits per heavy atom. The van der Waals surface area contributed by atoms with Crippen LogP contribution in [0.3, 0.4) is 0 Å². The van der Waals surface area contributed by atoms with E-state index in [0.717, 1.165) is 25.1 Å². The maximum atomic E-state index is 5.07. The molecule has 2 aromatic carbocycles. The number of nitrogens with zero attached hydrogens (tertiary/aromatic N) is 2. The summed E-state index contributed by atoms with van der Waals surface area (Å²) in [5.41, 5.74) is 6.19. The first-order valence-electron chi connectivity index (χ1n) is 8.98. The molecule has 0 saturated carbocycles. The SMILES string of the molecule is CCc1ccccc1-n1nc(-c2cccc(I)c2)c2c1NCCCC2. The van der Waals surface area contributed by atoms with Crippen molar-refractivity contribution in [3.05, 3.63) is 63.2 Å². The summed E-state index contributed by atoms with van der Waals surface area (Å²) in [7, 11) is 0. The lowest BCUT2D eigenvalue weighted by Gasteiger charge is -2.12. The number of aryl methyl sites for hydroxylation is 1. The third kappa shape index (κ3) is 3.19. The lowest BCUT2D eigenvalue weighted by molar-refractivity contribution is 0.779. The van der Waals surface area contributed by atoms with E-state index >= 15 is 0 Å². The number of benzene rings is 2. The number of nitrogens with one attached hydrogen (secondary N) is 1. The molecule has 3 aromatic rings. The lowest BCUT2D eigenvalue weighted by Crippen LogP contribution is -2.08. The van der Waals surface area contributed by atoms with Gasteiger partial charge in [-0.15, -0.1) is 0 Å². The highest BCUT2D eigenvalue weighted by molar-refractivity contribution is 14.1. The van der Waals surface area contributed by atoms with Gasteiger partial charge in [-0.2, -0.15) is 5.10 Å². The van der Waals surface area contributed by atoms with E-state index in [4.69, 9.17) is 5.10 Å². The fraction of sp³-hybridized carbons (Fsp3) is 0.286. The lowest BCUT2D eigenvalue weighted by atomic mass is 10.0. The number of rotatable bonds is 3. The molecular weight excluding hydrogens is 421 g/mol. The van der Waals surface area contributed by atoms with Gasteiger partial charge in [0.15, 0.2) is 0 Å². The Morgan fingerprint density at radius 1 is 1.12 bits per heavy atom. The fourth-order valence-electron chi connectivity index (χ4n) is 3.56. The summed E-state index contributed by atoms with van der Waals surface area (Å²) in [6.07, 6.45) is 4.49. The van der Waals surface area contributed by atoms with Gasteiger partial charge >= 0.3 is 0 Å². The molecule has 4 rings (SSSR count). The third-order valence-electron chi connectivity index (χ3n) is 4.83. The van der Waals surface area contributed by atoms with Gasteiger partial charge in [-0.05, 0) is 72.0 Å². The second kappa shape index (κ2) is 7.20. The van der Waals surface area contributed by atoms with E-state index in [-0.39, 0.29) is 0 Å². The van der Waals surface area contributed by atoms with Gasteiger partial charge in [0.2, 0.25) is 0 Å². The molecule has 1 aliphatic rings. The van der Waals surface area contributed by atoms with Crippen LogP contribution >= 0.6 is 22.6 Å². The first kappa shape index (κ1) is 16.6. The number of para-hydroxylation sites is 1. The van der Waals surface area contributed by atoms with Crippen LogP contribution in [0, 0.1) is 3.57 Å². The van der Waals surface area contributed by atoms with Crippen molar-refractivity contribution in [2.24, 2.45) is 0 Å². The molecular formula is C21H22IN3. The van der Waals surface area contributed by atoms with Crippen molar-refractivity contribution in [1.82, 2.24) is 9.78 Å². The molecule has 0 aliphatic carbocycles. The van der Waals surface area contributed by atoms with E-state index in [1.165, 1.54) is 44.6 Å². The van der Waals surface area contributed by atoms with Gasteiger partial charge in [0.25, 0.3) is 0 Å². The van der Waals surface area contributed by atoms with Gasteiger partial charge < -0.3 is 5.32 Å². The summed E-state index contributed by atoms with van der Waals surface area (Å²) >= 11 is 2.38. The summed E-state index contributed by atoms with van der Waals surface area (Å²) in [4.78, 5) is 0. The highest BCUT2D eigenvalue weighted by atomic mass is 127. The second-order valence-corrected chi connectivity index (χ2v) is 7.71. The van der Waals surface area contributed by atoms with E-state index in [1.807, 2.05) is 0 Å². The second-order valence-electron chi connectivity index (χ2n) is 6.46. The van der Waals surface area contributed by atoms with Gasteiger partial charge in [0.05, 0.1) is 11.4 Å². The number of hydrogen-bond acceptors (Lipinski definition) is 2. The first-order valence-corrected chi connectivity index (χ1v) is 10.1. The van der Waals surface area contributed by atoms with Crippen LogP contribution in [0.15, 0.2) is 48.5 Å². The van der Waals surface area contributed by atoms with Gasteiger partial charge in [0, 0.05) is 21.2 Å². The summed E-state index contributed by atoms with van der Waals surface area (Å²) < 4.78 is 3.38. The van der Waals surface area contributed by atoms with Crippen LogP contribution in [-0.4, -0.2) is 16.3 Å². The summed E-state index contributed by atoms with van der Waals surface area (Å²) in [5.74, 6) is 1.17. The van der Waals surface area contributed by atoms with E-state index in [0.29, 0.717) is 0 Å². The molecule has 2 heterocycles. The smallest absolute Gasteiger partial charge is 0.133 e. The molecule has 1 aromatic heterocycles. The van der Waals surface area contributed by atoms with Crippen molar-refractivity contribution in [1.29, 1.82) is 0 Å². The van der Waals surface area contributed by atoms with Gasteiger partial charge in [-0.25, -0.2) is 4.68 Å².